The van der Waals surface area contributed by atoms with E-state index in [4.69, 9.17) is 0 Å². The molecule has 0 aliphatic heterocycles. The van der Waals surface area contributed by atoms with Crippen LogP contribution in [-0.4, -0.2) is 19.7 Å². The van der Waals surface area contributed by atoms with E-state index in [1.165, 1.54) is 6.26 Å². The molecule has 0 aliphatic carbocycles. The first-order chi connectivity index (χ1) is 11.9. The Balaban J connectivity index is 2.09. The Labute approximate surface area is 148 Å². The highest BCUT2D eigenvalue weighted by molar-refractivity contribution is 7.90. The minimum Gasteiger partial charge on any atom is -0.372 e. The number of nitrogens with zero attached hydrogens (tertiary/aromatic N) is 1. The van der Waals surface area contributed by atoms with Crippen LogP contribution in [0, 0.1) is 6.92 Å². The van der Waals surface area contributed by atoms with Crippen LogP contribution in [0.3, 0.4) is 0 Å². The fourth-order valence-electron chi connectivity index (χ4n) is 2.79. The van der Waals surface area contributed by atoms with Gasteiger partial charge in [-0.05, 0) is 36.8 Å². The van der Waals surface area contributed by atoms with E-state index in [1.807, 2.05) is 49.4 Å². The van der Waals surface area contributed by atoms with E-state index in [-0.39, 0.29) is 10.9 Å². The number of hydrogen-bond donors (Lipinski definition) is 1. The van der Waals surface area contributed by atoms with E-state index in [9.17, 15) is 8.42 Å². The third kappa shape index (κ3) is 4.06. The van der Waals surface area contributed by atoms with Crippen molar-refractivity contribution in [3.8, 4) is 0 Å². The molecular formula is C20H20N2O2S. The summed E-state index contributed by atoms with van der Waals surface area (Å²) >= 11 is 0. The van der Waals surface area contributed by atoms with Crippen LogP contribution in [0.5, 0.6) is 0 Å². The van der Waals surface area contributed by atoms with Gasteiger partial charge >= 0.3 is 0 Å². The summed E-state index contributed by atoms with van der Waals surface area (Å²) in [6.07, 6.45) is 2.96. The lowest BCUT2D eigenvalue weighted by Gasteiger charge is -2.22. The van der Waals surface area contributed by atoms with Gasteiger partial charge in [-0.3, -0.25) is 4.98 Å². The molecule has 1 atom stereocenters. The lowest BCUT2D eigenvalue weighted by Crippen LogP contribution is -2.16. The topological polar surface area (TPSA) is 59.1 Å². The van der Waals surface area contributed by atoms with Gasteiger partial charge in [0.05, 0.1) is 22.3 Å². The molecular weight excluding hydrogens is 332 g/mol. The van der Waals surface area contributed by atoms with Crippen LogP contribution >= 0.6 is 0 Å². The molecule has 0 saturated carbocycles. The quantitative estimate of drug-likeness (QED) is 0.754. The number of hydrogen-bond acceptors (Lipinski definition) is 4. The number of benzene rings is 2. The maximum atomic E-state index is 12.1. The lowest BCUT2D eigenvalue weighted by atomic mass is 10.0. The van der Waals surface area contributed by atoms with Crippen LogP contribution < -0.4 is 5.32 Å². The third-order valence-electron chi connectivity index (χ3n) is 3.95. The largest absolute Gasteiger partial charge is 0.372 e. The Morgan fingerprint density at radius 1 is 0.960 bits per heavy atom. The van der Waals surface area contributed by atoms with Gasteiger partial charge in [0.25, 0.3) is 0 Å². The van der Waals surface area contributed by atoms with Crippen LogP contribution in [0.25, 0.3) is 0 Å². The molecule has 0 bridgehead atoms. The minimum atomic E-state index is -3.33. The molecule has 0 spiro atoms. The van der Waals surface area contributed by atoms with Gasteiger partial charge in [-0.1, -0.05) is 48.0 Å². The van der Waals surface area contributed by atoms with Crippen molar-refractivity contribution in [2.45, 2.75) is 17.9 Å². The fraction of sp³-hybridized carbons (Fsp3) is 0.150. The highest BCUT2D eigenvalue weighted by Crippen LogP contribution is 2.29. The molecule has 5 heteroatoms. The van der Waals surface area contributed by atoms with E-state index in [0.29, 0.717) is 5.69 Å². The van der Waals surface area contributed by atoms with Crippen molar-refractivity contribution in [2.24, 2.45) is 0 Å². The number of rotatable bonds is 5. The van der Waals surface area contributed by atoms with E-state index in [1.54, 1.807) is 24.4 Å². The van der Waals surface area contributed by atoms with Crippen LogP contribution in [0.15, 0.2) is 77.8 Å². The summed E-state index contributed by atoms with van der Waals surface area (Å²) in [7, 11) is -3.33. The number of aryl methyl sites for hydroxylation is 1. The zero-order chi connectivity index (χ0) is 17.9. The normalized spacial score (nSPS) is 12.6. The highest BCUT2D eigenvalue weighted by Gasteiger charge is 2.19. The van der Waals surface area contributed by atoms with E-state index >= 15 is 0 Å². The fourth-order valence-corrected chi connectivity index (χ4v) is 3.64. The van der Waals surface area contributed by atoms with Crippen molar-refractivity contribution in [1.82, 2.24) is 4.98 Å². The van der Waals surface area contributed by atoms with Gasteiger partial charge in [0.15, 0.2) is 9.84 Å². The van der Waals surface area contributed by atoms with Crippen molar-refractivity contribution in [3.63, 3.8) is 0 Å². The summed E-state index contributed by atoms with van der Waals surface area (Å²) in [5.74, 6) is 0. The molecule has 1 N–H and O–H groups in total. The van der Waals surface area contributed by atoms with Crippen LogP contribution in [-0.2, 0) is 9.84 Å². The molecule has 0 aliphatic rings. The summed E-state index contributed by atoms with van der Waals surface area (Å²) in [5.41, 5.74) is 3.57. The molecule has 1 aromatic heterocycles. The number of anilines is 1. The maximum absolute atomic E-state index is 12.1. The van der Waals surface area contributed by atoms with Gasteiger partial charge in [-0.25, -0.2) is 8.42 Å². The summed E-state index contributed by atoms with van der Waals surface area (Å²) in [4.78, 5) is 4.74. The first-order valence-corrected chi connectivity index (χ1v) is 9.87. The van der Waals surface area contributed by atoms with Crippen LogP contribution in [0.4, 0.5) is 5.69 Å². The van der Waals surface area contributed by atoms with Gasteiger partial charge in [-0.2, -0.15) is 0 Å². The number of pyridine rings is 1. The molecule has 2 aromatic carbocycles. The second kappa shape index (κ2) is 7.07. The van der Waals surface area contributed by atoms with Crippen molar-refractivity contribution < 1.29 is 8.42 Å². The van der Waals surface area contributed by atoms with Gasteiger partial charge < -0.3 is 5.32 Å². The number of para-hydroxylation sites is 1. The van der Waals surface area contributed by atoms with E-state index in [2.05, 4.69) is 16.4 Å². The Bertz CT molecular complexity index is 970. The molecule has 128 valence electrons. The van der Waals surface area contributed by atoms with Crippen molar-refractivity contribution in [1.29, 1.82) is 0 Å². The first-order valence-electron chi connectivity index (χ1n) is 7.98. The average molecular weight is 352 g/mol. The molecule has 0 fully saturated rings. The molecule has 1 unspecified atom stereocenters. The van der Waals surface area contributed by atoms with Crippen LogP contribution in [0.2, 0.25) is 0 Å². The molecule has 1 heterocycles. The van der Waals surface area contributed by atoms with E-state index in [0.717, 1.165) is 16.8 Å². The summed E-state index contributed by atoms with van der Waals surface area (Å²) < 4.78 is 24.2. The second-order valence-corrected chi connectivity index (χ2v) is 8.00. The van der Waals surface area contributed by atoms with Gasteiger partial charge in [-0.15, -0.1) is 0 Å². The smallest absolute Gasteiger partial charge is 0.177 e. The molecule has 3 aromatic rings. The molecule has 25 heavy (non-hydrogen) atoms. The van der Waals surface area contributed by atoms with Crippen LogP contribution in [0.1, 0.15) is 22.9 Å². The molecule has 0 amide bonds. The Morgan fingerprint density at radius 3 is 2.40 bits per heavy atom. The first kappa shape index (κ1) is 17.2. The van der Waals surface area contributed by atoms with Gasteiger partial charge in [0.1, 0.15) is 0 Å². The van der Waals surface area contributed by atoms with E-state index < -0.39 is 9.84 Å². The third-order valence-corrected chi connectivity index (χ3v) is 5.10. The maximum Gasteiger partial charge on any atom is 0.177 e. The van der Waals surface area contributed by atoms with Crippen molar-refractivity contribution in [2.75, 3.05) is 11.6 Å². The zero-order valence-electron chi connectivity index (χ0n) is 14.2. The number of aromatic nitrogens is 1. The molecule has 4 nitrogen and oxygen atoms in total. The van der Waals surface area contributed by atoms with Gasteiger partial charge in [0.2, 0.25) is 0 Å². The minimum absolute atomic E-state index is 0.246. The number of sulfone groups is 1. The standard InChI is InChI=1S/C20H20N2O2S/c1-15-8-7-9-16(14-15)20(18-11-5-6-13-21-18)22-17-10-3-4-12-19(17)25(2,23)24/h3-14,20,22H,1-2H3. The average Bonchev–Trinajstić information content (AvgIpc) is 2.60. The monoisotopic (exact) mass is 352 g/mol. The van der Waals surface area contributed by atoms with Crippen molar-refractivity contribution >= 4 is 15.5 Å². The molecule has 3 rings (SSSR count). The number of nitrogens with one attached hydrogen (secondary N) is 1. The summed E-state index contributed by atoms with van der Waals surface area (Å²) in [6, 6.07) is 20.5. The summed E-state index contributed by atoms with van der Waals surface area (Å²) in [5, 5.41) is 3.37. The second-order valence-electron chi connectivity index (χ2n) is 6.01. The molecule has 0 saturated heterocycles. The SMILES string of the molecule is Cc1cccc(C(Nc2ccccc2S(C)(=O)=O)c2ccccn2)c1. The Hall–Kier alpha value is -2.66. The predicted octanol–water partition coefficient (Wildman–Crippen LogP) is 4.00. The summed E-state index contributed by atoms with van der Waals surface area (Å²) in [6.45, 7) is 2.03. The Morgan fingerprint density at radius 2 is 1.72 bits per heavy atom. The Kier molecular flexibility index (Phi) is 4.86. The van der Waals surface area contributed by atoms with Gasteiger partial charge in [0, 0.05) is 12.5 Å². The lowest BCUT2D eigenvalue weighted by molar-refractivity contribution is 0.602. The predicted molar refractivity (Wildman–Crippen MR) is 100 cm³/mol. The zero-order valence-corrected chi connectivity index (χ0v) is 15.0. The van der Waals surface area contributed by atoms with Crippen molar-refractivity contribution in [3.05, 3.63) is 89.7 Å². The molecule has 0 radical (unpaired) electrons. The highest BCUT2D eigenvalue weighted by atomic mass is 32.2.